The molecule has 20 heavy (non-hydrogen) atoms. The van der Waals surface area contributed by atoms with Crippen LogP contribution in [0.15, 0.2) is 17.0 Å². The highest BCUT2D eigenvalue weighted by atomic mass is 32.2. The van der Waals surface area contributed by atoms with Crippen molar-refractivity contribution in [1.29, 1.82) is 0 Å². The minimum Gasteiger partial charge on any atom is -0.369 e. The molecule has 0 aliphatic carbocycles. The number of carbonyl (C=O) groups is 1. The predicted octanol–water partition coefficient (Wildman–Crippen LogP) is 1.31. The number of anilines is 1. The van der Waals surface area contributed by atoms with E-state index in [4.69, 9.17) is 9.88 Å². The van der Waals surface area contributed by atoms with Crippen LogP contribution in [0.3, 0.4) is 0 Å². The maximum Gasteiger partial charge on any atom is 0.256 e. The number of nitrogens with one attached hydrogen (secondary N) is 1. The van der Waals surface area contributed by atoms with Gasteiger partial charge in [-0.2, -0.15) is 0 Å². The van der Waals surface area contributed by atoms with Gasteiger partial charge in [-0.25, -0.2) is 13.6 Å². The lowest BCUT2D eigenvalue weighted by molar-refractivity contribution is -0.133. The molecule has 1 amide bonds. The second-order valence-electron chi connectivity index (χ2n) is 5.13. The highest BCUT2D eigenvalue weighted by Crippen LogP contribution is 2.24. The Morgan fingerprint density at radius 2 is 1.85 bits per heavy atom. The Labute approximate surface area is 119 Å². The van der Waals surface area contributed by atoms with Crippen LogP contribution in [0.5, 0.6) is 0 Å². The SMILES string of the molecule is COC(C)(C)C(=O)Nc1cc(S(N)(=O)=O)cc(C)c1C. The van der Waals surface area contributed by atoms with E-state index in [0.717, 1.165) is 11.1 Å². The van der Waals surface area contributed by atoms with E-state index in [2.05, 4.69) is 5.32 Å². The summed E-state index contributed by atoms with van der Waals surface area (Å²) in [4.78, 5) is 12.0. The number of carbonyl (C=O) groups excluding carboxylic acids is 1. The Kier molecular flexibility index (Phi) is 4.58. The zero-order chi connectivity index (χ0) is 15.7. The molecule has 0 aliphatic rings. The van der Waals surface area contributed by atoms with Gasteiger partial charge >= 0.3 is 0 Å². The molecule has 6 nitrogen and oxygen atoms in total. The Morgan fingerprint density at radius 3 is 2.30 bits per heavy atom. The normalized spacial score (nSPS) is 12.3. The van der Waals surface area contributed by atoms with Crippen molar-refractivity contribution < 1.29 is 17.9 Å². The van der Waals surface area contributed by atoms with Gasteiger partial charge < -0.3 is 10.1 Å². The molecule has 3 N–H and O–H groups in total. The maximum atomic E-state index is 12.1. The topological polar surface area (TPSA) is 98.5 Å². The molecule has 7 heteroatoms. The lowest BCUT2D eigenvalue weighted by Gasteiger charge is -2.23. The quantitative estimate of drug-likeness (QED) is 0.876. The van der Waals surface area contributed by atoms with Gasteiger partial charge in [-0.1, -0.05) is 0 Å². The Balaban J connectivity index is 3.26. The standard InChI is InChI=1S/C13H20N2O4S/c1-8-6-10(20(14,17)18)7-11(9(8)2)15-12(16)13(3,4)19-5/h6-7H,1-5H3,(H,15,16)(H2,14,17,18). The Morgan fingerprint density at radius 1 is 1.30 bits per heavy atom. The van der Waals surface area contributed by atoms with E-state index in [1.165, 1.54) is 19.2 Å². The number of hydrogen-bond donors (Lipinski definition) is 2. The number of primary sulfonamides is 1. The molecule has 0 atom stereocenters. The summed E-state index contributed by atoms with van der Waals surface area (Å²) in [6.07, 6.45) is 0. The molecular weight excluding hydrogens is 280 g/mol. The van der Waals surface area contributed by atoms with Crippen LogP contribution in [0.2, 0.25) is 0 Å². The van der Waals surface area contributed by atoms with Crippen LogP contribution in [0.4, 0.5) is 5.69 Å². The first kappa shape index (κ1) is 16.6. The van der Waals surface area contributed by atoms with Crippen LogP contribution in [0.25, 0.3) is 0 Å². The van der Waals surface area contributed by atoms with Crippen LogP contribution >= 0.6 is 0 Å². The Bertz CT molecular complexity index is 636. The van der Waals surface area contributed by atoms with Crippen molar-refractivity contribution in [2.24, 2.45) is 5.14 Å². The minimum atomic E-state index is -3.82. The summed E-state index contributed by atoms with van der Waals surface area (Å²) in [5.74, 6) is -0.367. The molecular formula is C13H20N2O4S. The van der Waals surface area contributed by atoms with E-state index < -0.39 is 15.6 Å². The molecule has 0 aliphatic heterocycles. The van der Waals surface area contributed by atoms with Crippen LogP contribution in [0, 0.1) is 13.8 Å². The summed E-state index contributed by atoms with van der Waals surface area (Å²) in [6.45, 7) is 6.78. The van der Waals surface area contributed by atoms with Gasteiger partial charge in [0.1, 0.15) is 5.60 Å². The lowest BCUT2D eigenvalue weighted by atomic mass is 10.1. The van der Waals surface area contributed by atoms with Gasteiger partial charge in [-0.05, 0) is 51.0 Å². The average molecular weight is 300 g/mol. The first-order chi connectivity index (χ1) is 8.99. The highest BCUT2D eigenvalue weighted by molar-refractivity contribution is 7.89. The van der Waals surface area contributed by atoms with Crippen molar-refractivity contribution in [3.63, 3.8) is 0 Å². The van der Waals surface area contributed by atoms with E-state index in [9.17, 15) is 13.2 Å². The first-order valence-corrected chi connectivity index (χ1v) is 7.54. The van der Waals surface area contributed by atoms with Gasteiger partial charge in [-0.15, -0.1) is 0 Å². The van der Waals surface area contributed by atoms with Gasteiger partial charge in [0, 0.05) is 12.8 Å². The number of sulfonamides is 1. The van der Waals surface area contributed by atoms with Crippen molar-refractivity contribution >= 4 is 21.6 Å². The first-order valence-electron chi connectivity index (χ1n) is 5.99. The molecule has 1 aromatic rings. The summed E-state index contributed by atoms with van der Waals surface area (Å²) in [5, 5.41) is 7.79. The number of rotatable bonds is 4. The van der Waals surface area contributed by atoms with Crippen LogP contribution < -0.4 is 10.5 Å². The van der Waals surface area contributed by atoms with Gasteiger partial charge in [0.15, 0.2) is 0 Å². The molecule has 1 rings (SSSR count). The zero-order valence-corrected chi connectivity index (χ0v) is 13.1. The van der Waals surface area contributed by atoms with Gasteiger partial charge in [0.2, 0.25) is 10.0 Å². The van der Waals surface area contributed by atoms with Gasteiger partial charge in [0.25, 0.3) is 5.91 Å². The number of benzene rings is 1. The predicted molar refractivity (Wildman–Crippen MR) is 77.0 cm³/mol. The molecule has 0 fully saturated rings. The fraction of sp³-hybridized carbons (Fsp3) is 0.462. The number of ether oxygens (including phenoxy) is 1. The average Bonchev–Trinajstić information content (AvgIpc) is 2.33. The lowest BCUT2D eigenvalue weighted by Crippen LogP contribution is -2.39. The molecule has 0 bridgehead atoms. The number of nitrogens with two attached hydrogens (primary N) is 1. The third-order valence-corrected chi connectivity index (χ3v) is 4.17. The number of aryl methyl sites for hydroxylation is 1. The third kappa shape index (κ3) is 3.56. The third-order valence-electron chi connectivity index (χ3n) is 3.27. The fourth-order valence-corrected chi connectivity index (χ4v) is 2.11. The van der Waals surface area contributed by atoms with E-state index >= 15 is 0 Å². The van der Waals surface area contributed by atoms with Crippen molar-refractivity contribution in [2.75, 3.05) is 12.4 Å². The monoisotopic (exact) mass is 300 g/mol. The molecule has 1 aromatic carbocycles. The van der Waals surface area contributed by atoms with Gasteiger partial charge in [0.05, 0.1) is 4.90 Å². The minimum absolute atomic E-state index is 0.0360. The smallest absolute Gasteiger partial charge is 0.256 e. The van der Waals surface area contributed by atoms with E-state index in [1.54, 1.807) is 27.7 Å². The molecule has 0 heterocycles. The van der Waals surface area contributed by atoms with Crippen LogP contribution in [-0.2, 0) is 19.6 Å². The van der Waals surface area contributed by atoms with Crippen LogP contribution in [0.1, 0.15) is 25.0 Å². The summed E-state index contributed by atoms with van der Waals surface area (Å²) in [7, 11) is -2.39. The number of methoxy groups -OCH3 is 1. The second-order valence-corrected chi connectivity index (χ2v) is 6.69. The molecule has 0 aromatic heterocycles. The second kappa shape index (κ2) is 5.51. The van der Waals surface area contributed by atoms with E-state index in [1.807, 2.05) is 0 Å². The molecule has 0 spiro atoms. The summed E-state index contributed by atoms with van der Waals surface area (Å²) >= 11 is 0. The number of hydrogen-bond acceptors (Lipinski definition) is 4. The zero-order valence-electron chi connectivity index (χ0n) is 12.3. The van der Waals surface area contributed by atoms with Crippen molar-refractivity contribution in [3.05, 3.63) is 23.3 Å². The van der Waals surface area contributed by atoms with Crippen molar-refractivity contribution in [2.45, 2.75) is 38.2 Å². The molecule has 0 saturated heterocycles. The van der Waals surface area contributed by atoms with Gasteiger partial charge in [-0.3, -0.25) is 4.79 Å². The highest BCUT2D eigenvalue weighted by Gasteiger charge is 2.27. The van der Waals surface area contributed by atoms with Crippen molar-refractivity contribution in [1.82, 2.24) is 0 Å². The number of amides is 1. The molecule has 0 radical (unpaired) electrons. The molecule has 0 unspecified atom stereocenters. The van der Waals surface area contributed by atoms with Crippen molar-refractivity contribution in [3.8, 4) is 0 Å². The van der Waals surface area contributed by atoms with Crippen LogP contribution in [-0.4, -0.2) is 27.0 Å². The summed E-state index contributed by atoms with van der Waals surface area (Å²) < 4.78 is 27.9. The van der Waals surface area contributed by atoms with E-state index in [0.29, 0.717) is 5.69 Å². The molecule has 0 saturated carbocycles. The summed E-state index contributed by atoms with van der Waals surface area (Å²) in [6, 6.07) is 2.82. The fourth-order valence-electron chi connectivity index (χ4n) is 1.49. The largest absolute Gasteiger partial charge is 0.369 e. The molecule has 112 valence electrons. The van der Waals surface area contributed by atoms with E-state index in [-0.39, 0.29) is 10.8 Å². The maximum absolute atomic E-state index is 12.1. The summed E-state index contributed by atoms with van der Waals surface area (Å²) in [5.41, 5.74) is 0.890. The Hall–Kier alpha value is -1.44.